The van der Waals surface area contributed by atoms with Crippen LogP contribution >= 0.6 is 0 Å². The standard InChI is InChI=1S/C25H24N4O4S/c1-33-19-13-11-18(12-14-19)25(30)28-15-16-29(34(31,32)20-7-3-2-4-8-20)23(17-28)24-26-21-9-5-6-10-22(21)27-24/h2-14,23H,15-17H2,1H3,(H,26,27). The summed E-state index contributed by atoms with van der Waals surface area (Å²) in [6.07, 6.45) is 0. The number of methoxy groups -OCH3 is 1. The minimum atomic E-state index is -3.80. The lowest BCUT2D eigenvalue weighted by Crippen LogP contribution is -2.52. The monoisotopic (exact) mass is 476 g/mol. The summed E-state index contributed by atoms with van der Waals surface area (Å²) in [7, 11) is -2.23. The fourth-order valence-electron chi connectivity index (χ4n) is 4.24. The van der Waals surface area contributed by atoms with Gasteiger partial charge in [0.15, 0.2) is 0 Å². The summed E-state index contributed by atoms with van der Waals surface area (Å²) in [6.45, 7) is 0.602. The van der Waals surface area contributed by atoms with Gasteiger partial charge in [0.25, 0.3) is 5.91 Å². The van der Waals surface area contributed by atoms with Crippen LogP contribution in [0.4, 0.5) is 0 Å². The van der Waals surface area contributed by atoms with Gasteiger partial charge in [-0.3, -0.25) is 4.79 Å². The smallest absolute Gasteiger partial charge is 0.253 e. The number of rotatable bonds is 5. The molecule has 0 spiro atoms. The third kappa shape index (κ3) is 4.04. The third-order valence-corrected chi connectivity index (χ3v) is 7.95. The molecule has 1 aromatic heterocycles. The number of hydrogen-bond acceptors (Lipinski definition) is 5. The number of amides is 1. The second-order valence-electron chi connectivity index (χ2n) is 8.06. The first-order valence-electron chi connectivity index (χ1n) is 10.9. The number of piperazine rings is 1. The Bertz CT molecular complexity index is 1390. The van der Waals surface area contributed by atoms with Crippen molar-refractivity contribution in [3.05, 3.63) is 90.3 Å². The van der Waals surface area contributed by atoms with Crippen LogP contribution in [0.25, 0.3) is 11.0 Å². The van der Waals surface area contributed by atoms with Gasteiger partial charge in [-0.1, -0.05) is 30.3 Å². The molecule has 0 aliphatic carbocycles. The van der Waals surface area contributed by atoms with E-state index in [0.717, 1.165) is 11.0 Å². The number of para-hydroxylation sites is 2. The highest BCUT2D eigenvalue weighted by Gasteiger charge is 2.40. The Kier molecular flexibility index (Phi) is 5.80. The van der Waals surface area contributed by atoms with Gasteiger partial charge in [0, 0.05) is 25.2 Å². The molecule has 8 nitrogen and oxygen atoms in total. The van der Waals surface area contributed by atoms with Gasteiger partial charge in [-0.25, -0.2) is 13.4 Å². The van der Waals surface area contributed by atoms with Gasteiger partial charge in [-0.15, -0.1) is 0 Å². The Balaban J connectivity index is 1.51. The van der Waals surface area contributed by atoms with E-state index in [1.54, 1.807) is 66.6 Å². The van der Waals surface area contributed by atoms with Crippen LogP contribution in [-0.4, -0.2) is 60.2 Å². The average molecular weight is 477 g/mol. The van der Waals surface area contributed by atoms with Gasteiger partial charge in [0.1, 0.15) is 17.6 Å². The number of hydrogen-bond donors (Lipinski definition) is 1. The second kappa shape index (κ2) is 8.92. The molecule has 1 atom stereocenters. The second-order valence-corrected chi connectivity index (χ2v) is 9.95. The zero-order valence-corrected chi connectivity index (χ0v) is 19.4. The summed E-state index contributed by atoms with van der Waals surface area (Å²) in [5.74, 6) is 1.00. The van der Waals surface area contributed by atoms with E-state index in [2.05, 4.69) is 9.97 Å². The summed E-state index contributed by atoms with van der Waals surface area (Å²) in [6, 6.07) is 22.1. The Hall–Kier alpha value is -3.69. The Morgan fingerprint density at radius 1 is 0.971 bits per heavy atom. The van der Waals surface area contributed by atoms with E-state index in [1.165, 1.54) is 4.31 Å². The number of carbonyl (C=O) groups is 1. The molecule has 3 aromatic carbocycles. The molecule has 5 rings (SSSR count). The minimum absolute atomic E-state index is 0.154. The van der Waals surface area contributed by atoms with Crippen molar-refractivity contribution in [1.29, 1.82) is 0 Å². The Morgan fingerprint density at radius 3 is 2.38 bits per heavy atom. The lowest BCUT2D eigenvalue weighted by atomic mass is 10.1. The van der Waals surface area contributed by atoms with Crippen LogP contribution in [-0.2, 0) is 10.0 Å². The zero-order chi connectivity index (χ0) is 23.7. The largest absolute Gasteiger partial charge is 0.497 e. The van der Waals surface area contributed by atoms with Crippen LogP contribution in [0.5, 0.6) is 5.75 Å². The van der Waals surface area contributed by atoms with Crippen LogP contribution in [0.15, 0.2) is 83.8 Å². The molecule has 0 radical (unpaired) electrons. The lowest BCUT2D eigenvalue weighted by Gasteiger charge is -2.39. The zero-order valence-electron chi connectivity index (χ0n) is 18.6. The van der Waals surface area contributed by atoms with Gasteiger partial charge in [-0.05, 0) is 48.5 Å². The van der Waals surface area contributed by atoms with E-state index < -0.39 is 16.1 Å². The molecular formula is C25H24N4O4S. The van der Waals surface area contributed by atoms with E-state index in [4.69, 9.17) is 4.74 Å². The lowest BCUT2D eigenvalue weighted by molar-refractivity contribution is 0.0621. The van der Waals surface area contributed by atoms with Gasteiger partial charge in [-0.2, -0.15) is 4.31 Å². The number of carbonyl (C=O) groups excluding carboxylic acids is 1. The Labute approximate surface area is 197 Å². The van der Waals surface area contributed by atoms with E-state index in [1.807, 2.05) is 24.3 Å². The van der Waals surface area contributed by atoms with E-state index in [0.29, 0.717) is 17.1 Å². The van der Waals surface area contributed by atoms with Gasteiger partial charge < -0.3 is 14.6 Å². The van der Waals surface area contributed by atoms with Crippen molar-refractivity contribution >= 4 is 27.0 Å². The topological polar surface area (TPSA) is 95.6 Å². The molecule has 1 aliphatic heterocycles. The quantitative estimate of drug-likeness (QED) is 0.476. The van der Waals surface area contributed by atoms with Crippen molar-refractivity contribution in [3.63, 3.8) is 0 Å². The number of nitrogens with zero attached hydrogens (tertiary/aromatic N) is 3. The van der Waals surface area contributed by atoms with Crippen molar-refractivity contribution in [3.8, 4) is 5.75 Å². The summed E-state index contributed by atoms with van der Waals surface area (Å²) in [5, 5.41) is 0. The number of ether oxygens (including phenoxy) is 1. The number of fused-ring (bicyclic) bond motifs is 1. The van der Waals surface area contributed by atoms with E-state index in [-0.39, 0.29) is 30.4 Å². The van der Waals surface area contributed by atoms with Gasteiger partial charge in [0.2, 0.25) is 10.0 Å². The first kappa shape index (κ1) is 22.1. The van der Waals surface area contributed by atoms with Crippen LogP contribution in [0.1, 0.15) is 22.2 Å². The number of sulfonamides is 1. The fourth-order valence-corrected chi connectivity index (χ4v) is 5.83. The van der Waals surface area contributed by atoms with E-state index >= 15 is 0 Å². The van der Waals surface area contributed by atoms with Crippen LogP contribution in [0, 0.1) is 0 Å². The summed E-state index contributed by atoms with van der Waals surface area (Å²) >= 11 is 0. The van der Waals surface area contributed by atoms with Crippen LogP contribution in [0.3, 0.4) is 0 Å². The molecule has 4 aromatic rings. The molecule has 0 saturated carbocycles. The van der Waals surface area contributed by atoms with Crippen molar-refractivity contribution in [2.24, 2.45) is 0 Å². The highest BCUT2D eigenvalue weighted by molar-refractivity contribution is 7.89. The molecule has 174 valence electrons. The predicted octanol–water partition coefficient (Wildman–Crippen LogP) is 3.46. The molecule has 1 saturated heterocycles. The SMILES string of the molecule is COc1ccc(C(=O)N2CCN(S(=O)(=O)c3ccccc3)C(c3nc4ccccc4[nH]3)C2)cc1. The third-order valence-electron chi connectivity index (χ3n) is 6.03. The molecule has 1 N–H and O–H groups in total. The molecule has 2 heterocycles. The number of aromatic amines is 1. The van der Waals surface area contributed by atoms with Crippen molar-refractivity contribution < 1.29 is 17.9 Å². The molecule has 1 fully saturated rings. The molecule has 34 heavy (non-hydrogen) atoms. The van der Waals surface area contributed by atoms with E-state index in [9.17, 15) is 13.2 Å². The normalized spacial score (nSPS) is 17.1. The van der Waals surface area contributed by atoms with Crippen LogP contribution in [0.2, 0.25) is 0 Å². The molecule has 1 unspecified atom stereocenters. The summed E-state index contributed by atoms with van der Waals surface area (Å²) in [4.78, 5) is 23.1. The summed E-state index contributed by atoms with van der Waals surface area (Å²) in [5.41, 5.74) is 2.07. The molecule has 9 heteroatoms. The highest BCUT2D eigenvalue weighted by Crippen LogP contribution is 2.31. The number of aromatic nitrogens is 2. The first-order chi connectivity index (χ1) is 16.5. The highest BCUT2D eigenvalue weighted by atomic mass is 32.2. The number of benzene rings is 3. The maximum Gasteiger partial charge on any atom is 0.253 e. The maximum atomic E-state index is 13.6. The first-order valence-corrected chi connectivity index (χ1v) is 12.4. The van der Waals surface area contributed by atoms with Crippen LogP contribution < -0.4 is 4.74 Å². The van der Waals surface area contributed by atoms with Crippen molar-refractivity contribution in [2.75, 3.05) is 26.7 Å². The number of nitrogens with one attached hydrogen (secondary N) is 1. The molecule has 1 amide bonds. The molecule has 1 aliphatic rings. The molecule has 0 bridgehead atoms. The average Bonchev–Trinajstić information content (AvgIpc) is 3.33. The summed E-state index contributed by atoms with van der Waals surface area (Å²) < 4.78 is 33.8. The van der Waals surface area contributed by atoms with Crippen molar-refractivity contribution in [1.82, 2.24) is 19.2 Å². The van der Waals surface area contributed by atoms with Gasteiger partial charge in [0.05, 0.1) is 23.0 Å². The fraction of sp³-hybridized carbons (Fsp3) is 0.200. The minimum Gasteiger partial charge on any atom is -0.497 e. The maximum absolute atomic E-state index is 13.6. The number of imidazole rings is 1. The predicted molar refractivity (Wildman–Crippen MR) is 128 cm³/mol. The van der Waals surface area contributed by atoms with Crippen molar-refractivity contribution in [2.45, 2.75) is 10.9 Å². The van der Waals surface area contributed by atoms with Gasteiger partial charge >= 0.3 is 0 Å². The Morgan fingerprint density at radius 2 is 1.68 bits per heavy atom. The molecular weight excluding hydrogens is 452 g/mol. The number of H-pyrrole nitrogens is 1.